The molecular weight excluding hydrogens is 436 g/mol. The number of amides is 1. The molecule has 1 amide bonds. The van der Waals surface area contributed by atoms with Crippen LogP contribution in [-0.2, 0) is 4.74 Å². The maximum atomic E-state index is 12.8. The summed E-state index contributed by atoms with van der Waals surface area (Å²) >= 11 is 0. The molecule has 0 aliphatic rings. The quantitative estimate of drug-likeness (QED) is 0.223. The first-order valence-corrected chi connectivity index (χ1v) is 11.5. The maximum absolute atomic E-state index is 12.8. The van der Waals surface area contributed by atoms with E-state index in [0.717, 1.165) is 39.7 Å². The highest BCUT2D eigenvalue weighted by Gasteiger charge is 2.08. The molecule has 0 unspecified atom stereocenters. The van der Waals surface area contributed by atoms with Crippen molar-refractivity contribution < 1.29 is 9.53 Å². The Kier molecular flexibility index (Phi) is 9.05. The van der Waals surface area contributed by atoms with Crippen LogP contribution < -0.4 is 11.1 Å². The SMILES string of the molecule is C/C=C\C(=C/OCCN(C)C)CNC(=O)c1ccc(C)c(C#Cc2cc(N)nc3ccccc23)c1. The normalized spacial score (nSPS) is 11.5. The average molecular weight is 469 g/mol. The van der Waals surface area contributed by atoms with Gasteiger partial charge in [0.15, 0.2) is 0 Å². The largest absolute Gasteiger partial charge is 0.500 e. The van der Waals surface area contributed by atoms with Crippen LogP contribution in [0.5, 0.6) is 0 Å². The van der Waals surface area contributed by atoms with Crippen LogP contribution in [0, 0.1) is 18.8 Å². The Bertz CT molecular complexity index is 1310. The summed E-state index contributed by atoms with van der Waals surface area (Å²) in [6.45, 7) is 5.67. The summed E-state index contributed by atoms with van der Waals surface area (Å²) in [5, 5.41) is 3.91. The van der Waals surface area contributed by atoms with Crippen molar-refractivity contribution in [1.29, 1.82) is 0 Å². The molecule has 0 atom stereocenters. The molecular formula is C29H32N4O2. The van der Waals surface area contributed by atoms with Crippen molar-refractivity contribution in [3.05, 3.63) is 94.8 Å². The smallest absolute Gasteiger partial charge is 0.251 e. The molecule has 0 aliphatic heterocycles. The van der Waals surface area contributed by atoms with Gasteiger partial charge < -0.3 is 20.7 Å². The van der Waals surface area contributed by atoms with E-state index in [2.05, 4.69) is 27.0 Å². The number of nitrogen functional groups attached to an aromatic ring is 1. The van der Waals surface area contributed by atoms with E-state index >= 15 is 0 Å². The number of nitrogens with zero attached hydrogens (tertiary/aromatic N) is 2. The summed E-state index contributed by atoms with van der Waals surface area (Å²) < 4.78 is 5.61. The molecule has 180 valence electrons. The third kappa shape index (κ3) is 7.46. The van der Waals surface area contributed by atoms with E-state index < -0.39 is 0 Å². The minimum atomic E-state index is -0.171. The fraction of sp³-hybridized carbons (Fsp3) is 0.241. The van der Waals surface area contributed by atoms with Gasteiger partial charge in [-0.2, -0.15) is 0 Å². The Hall–Kier alpha value is -4.08. The Labute approximate surface area is 207 Å². The van der Waals surface area contributed by atoms with Crippen LogP contribution in [0.15, 0.2) is 72.5 Å². The van der Waals surface area contributed by atoms with Crippen LogP contribution in [0.1, 0.15) is 34.0 Å². The molecule has 0 fully saturated rings. The number of para-hydroxylation sites is 1. The van der Waals surface area contributed by atoms with Gasteiger partial charge in [0.1, 0.15) is 5.82 Å². The molecule has 0 saturated carbocycles. The predicted molar refractivity (Wildman–Crippen MR) is 143 cm³/mol. The second kappa shape index (κ2) is 12.4. The van der Waals surface area contributed by atoms with Gasteiger partial charge in [-0.1, -0.05) is 48.3 Å². The number of rotatable bonds is 8. The lowest BCUT2D eigenvalue weighted by atomic mass is 10.0. The van der Waals surface area contributed by atoms with Crippen LogP contribution in [0.2, 0.25) is 0 Å². The summed E-state index contributed by atoms with van der Waals surface area (Å²) in [6, 6.07) is 15.1. The van der Waals surface area contributed by atoms with Crippen LogP contribution in [0.4, 0.5) is 5.82 Å². The lowest BCUT2D eigenvalue weighted by Crippen LogP contribution is -2.25. The number of benzene rings is 2. The fourth-order valence-electron chi connectivity index (χ4n) is 3.37. The third-order valence-corrected chi connectivity index (χ3v) is 5.29. The molecule has 6 heteroatoms. The molecule has 0 bridgehead atoms. The second-order valence-electron chi connectivity index (χ2n) is 8.44. The highest BCUT2D eigenvalue weighted by molar-refractivity contribution is 5.95. The first-order valence-electron chi connectivity index (χ1n) is 11.5. The number of anilines is 1. The Morgan fingerprint density at radius 1 is 1.14 bits per heavy atom. The van der Waals surface area contributed by atoms with Crippen LogP contribution >= 0.6 is 0 Å². The molecule has 3 aromatic rings. The number of carbonyl (C=O) groups excluding carboxylic acids is 1. The van der Waals surface area contributed by atoms with Crippen LogP contribution in [0.3, 0.4) is 0 Å². The molecule has 0 saturated heterocycles. The number of hydrogen-bond acceptors (Lipinski definition) is 5. The van der Waals surface area contributed by atoms with E-state index in [9.17, 15) is 4.79 Å². The first-order chi connectivity index (χ1) is 16.9. The van der Waals surface area contributed by atoms with Crippen LogP contribution in [-0.4, -0.2) is 49.6 Å². The van der Waals surface area contributed by atoms with Gasteiger partial charge in [0.25, 0.3) is 5.91 Å². The second-order valence-corrected chi connectivity index (χ2v) is 8.44. The Morgan fingerprint density at radius 2 is 1.91 bits per heavy atom. The van der Waals surface area contributed by atoms with E-state index in [4.69, 9.17) is 10.5 Å². The van der Waals surface area contributed by atoms with Gasteiger partial charge in [-0.05, 0) is 57.8 Å². The maximum Gasteiger partial charge on any atom is 0.251 e. The van der Waals surface area contributed by atoms with Crippen molar-refractivity contribution in [1.82, 2.24) is 15.2 Å². The number of carbonyl (C=O) groups is 1. The molecule has 0 radical (unpaired) electrons. The fourth-order valence-corrected chi connectivity index (χ4v) is 3.37. The third-order valence-electron chi connectivity index (χ3n) is 5.29. The molecule has 1 aromatic heterocycles. The lowest BCUT2D eigenvalue weighted by molar-refractivity contribution is 0.0957. The van der Waals surface area contributed by atoms with E-state index in [-0.39, 0.29) is 5.91 Å². The summed E-state index contributed by atoms with van der Waals surface area (Å²) in [5.41, 5.74) is 10.8. The van der Waals surface area contributed by atoms with Gasteiger partial charge in [-0.3, -0.25) is 4.79 Å². The van der Waals surface area contributed by atoms with Crippen molar-refractivity contribution >= 4 is 22.6 Å². The number of hydrogen-bond donors (Lipinski definition) is 2. The zero-order valence-corrected chi connectivity index (χ0v) is 20.8. The number of fused-ring (bicyclic) bond motifs is 1. The molecule has 0 aliphatic carbocycles. The molecule has 1 heterocycles. The van der Waals surface area contributed by atoms with Gasteiger partial charge in [-0.15, -0.1) is 0 Å². The van der Waals surface area contributed by atoms with Crippen molar-refractivity contribution in [3.8, 4) is 11.8 Å². The molecule has 35 heavy (non-hydrogen) atoms. The van der Waals surface area contributed by atoms with Gasteiger partial charge in [0.05, 0.1) is 18.4 Å². The number of ether oxygens (including phenoxy) is 1. The zero-order chi connectivity index (χ0) is 25.2. The topological polar surface area (TPSA) is 80.5 Å². The van der Waals surface area contributed by atoms with Crippen molar-refractivity contribution in [2.24, 2.45) is 0 Å². The average Bonchev–Trinajstić information content (AvgIpc) is 2.83. The molecule has 3 rings (SSSR count). The zero-order valence-electron chi connectivity index (χ0n) is 20.8. The van der Waals surface area contributed by atoms with Crippen molar-refractivity contribution in [2.45, 2.75) is 13.8 Å². The highest BCUT2D eigenvalue weighted by atomic mass is 16.5. The summed E-state index contributed by atoms with van der Waals surface area (Å²) in [7, 11) is 3.99. The summed E-state index contributed by atoms with van der Waals surface area (Å²) in [4.78, 5) is 19.3. The number of nitrogens with two attached hydrogens (primary N) is 1. The Morgan fingerprint density at radius 3 is 2.69 bits per heavy atom. The summed E-state index contributed by atoms with van der Waals surface area (Å²) in [6.07, 6.45) is 5.54. The molecule has 2 aromatic carbocycles. The molecule has 0 spiro atoms. The predicted octanol–water partition coefficient (Wildman–Crippen LogP) is 4.29. The van der Waals surface area contributed by atoms with E-state index in [0.29, 0.717) is 24.5 Å². The van der Waals surface area contributed by atoms with E-state index in [1.807, 2.05) is 82.6 Å². The van der Waals surface area contributed by atoms with Gasteiger partial charge >= 0.3 is 0 Å². The number of aryl methyl sites for hydroxylation is 1. The van der Waals surface area contributed by atoms with Gasteiger partial charge in [0.2, 0.25) is 0 Å². The molecule has 3 N–H and O–H groups in total. The highest BCUT2D eigenvalue weighted by Crippen LogP contribution is 2.19. The number of allylic oxidation sites excluding steroid dienone is 1. The minimum absolute atomic E-state index is 0.171. The number of likely N-dealkylation sites (N-methyl/N-ethyl adjacent to an activating group) is 1. The van der Waals surface area contributed by atoms with Crippen molar-refractivity contribution in [2.75, 3.05) is 39.5 Å². The van der Waals surface area contributed by atoms with E-state index in [1.54, 1.807) is 12.3 Å². The molecule has 6 nitrogen and oxygen atoms in total. The minimum Gasteiger partial charge on any atom is -0.500 e. The standard InChI is InChI=1S/C29H32N4O2/c1-5-8-22(20-35-16-15-33(3)4)19-31-29(34)25-12-11-21(2)23(17-25)13-14-24-18-28(30)32-27-10-7-6-9-26(24)27/h5-12,17-18,20H,15-16,19H2,1-4H3,(H2,30,32)(H,31,34)/b8-5-,22-20+. The monoisotopic (exact) mass is 468 g/mol. The van der Waals surface area contributed by atoms with E-state index in [1.165, 1.54) is 0 Å². The number of aromatic nitrogens is 1. The number of nitrogens with one attached hydrogen (secondary N) is 1. The Balaban J connectivity index is 1.75. The number of pyridine rings is 1. The summed E-state index contributed by atoms with van der Waals surface area (Å²) in [5.74, 6) is 6.68. The van der Waals surface area contributed by atoms with Crippen LogP contribution in [0.25, 0.3) is 10.9 Å². The van der Waals surface area contributed by atoms with Crippen molar-refractivity contribution in [3.63, 3.8) is 0 Å². The first kappa shape index (κ1) is 25.5. The van der Waals surface area contributed by atoms with Gasteiger partial charge in [-0.25, -0.2) is 4.98 Å². The lowest BCUT2D eigenvalue weighted by Gasteiger charge is -2.10. The van der Waals surface area contributed by atoms with Gasteiger partial charge in [0, 0.05) is 40.7 Å².